The van der Waals surface area contributed by atoms with E-state index in [0.29, 0.717) is 5.04 Å². The van der Waals surface area contributed by atoms with Crippen LogP contribution in [0.3, 0.4) is 0 Å². The van der Waals surface area contributed by atoms with Crippen LogP contribution in [0.2, 0.25) is 18.1 Å². The molecule has 0 aliphatic heterocycles. The van der Waals surface area contributed by atoms with E-state index in [4.69, 9.17) is 0 Å². The molecule has 0 rings (SSSR count). The minimum atomic E-state index is -1.11. The Balaban J connectivity index is 4.02. The Morgan fingerprint density at radius 2 is 1.25 bits per heavy atom. The summed E-state index contributed by atoms with van der Waals surface area (Å²) in [5.41, 5.74) is 0. The van der Waals surface area contributed by atoms with E-state index in [1.54, 1.807) is 0 Å². The highest BCUT2D eigenvalue weighted by Crippen LogP contribution is 2.34. The second-order valence-electron chi connectivity index (χ2n) is 4.13. The van der Waals surface area contributed by atoms with Crippen LogP contribution in [0.5, 0.6) is 0 Å². The van der Waals surface area contributed by atoms with Crippen molar-refractivity contribution >= 4 is 8.07 Å². The number of rotatable bonds is 0. The quantitative estimate of drug-likeness (QED) is 0.441. The zero-order valence-corrected chi connectivity index (χ0v) is 7.71. The largest absolute Gasteiger partial charge is 0.0690 e. The molecular formula is C7H17Si. The van der Waals surface area contributed by atoms with Crippen molar-refractivity contribution in [3.05, 3.63) is 6.55 Å². The Morgan fingerprint density at radius 3 is 1.25 bits per heavy atom. The van der Waals surface area contributed by atoms with E-state index in [1.165, 1.54) is 0 Å². The summed E-state index contributed by atoms with van der Waals surface area (Å²) in [5.74, 6) is 0. The fraction of sp³-hybridized carbons (Fsp3) is 0.857. The summed E-state index contributed by atoms with van der Waals surface area (Å²) in [4.78, 5) is 0. The number of hydrogen-bond donors (Lipinski definition) is 0. The van der Waals surface area contributed by atoms with E-state index in [9.17, 15) is 0 Å². The molecule has 0 saturated carbocycles. The average molecular weight is 129 g/mol. The van der Waals surface area contributed by atoms with Crippen molar-refractivity contribution in [1.82, 2.24) is 0 Å². The standard InChI is InChI=1S/C7H17Si/c1-7(2,3)8(4,5)6/h4H2,1-3,5-6H3. The second kappa shape index (κ2) is 1.87. The van der Waals surface area contributed by atoms with Crippen LogP contribution in [-0.4, -0.2) is 8.07 Å². The molecule has 0 aliphatic carbocycles. The van der Waals surface area contributed by atoms with Gasteiger partial charge in [-0.2, -0.15) is 0 Å². The molecule has 0 atom stereocenters. The molecule has 0 aromatic rings. The Bertz CT molecular complexity index is 59.4. The molecule has 0 fully saturated rings. The molecule has 0 aromatic carbocycles. The van der Waals surface area contributed by atoms with Gasteiger partial charge in [0.1, 0.15) is 0 Å². The lowest BCUT2D eigenvalue weighted by Gasteiger charge is -2.32. The first-order chi connectivity index (χ1) is 3.25. The summed E-state index contributed by atoms with van der Waals surface area (Å²) in [5, 5.41) is 0.465. The molecule has 49 valence electrons. The maximum atomic E-state index is 4.18. The first-order valence-electron chi connectivity index (χ1n) is 3.10. The van der Waals surface area contributed by atoms with Gasteiger partial charge in [-0.15, -0.1) is 0 Å². The van der Waals surface area contributed by atoms with Crippen LogP contribution in [0.1, 0.15) is 20.8 Å². The highest BCUT2D eigenvalue weighted by molar-refractivity contribution is 6.81. The highest BCUT2D eigenvalue weighted by Gasteiger charge is 2.29. The molecule has 0 spiro atoms. The van der Waals surface area contributed by atoms with Crippen molar-refractivity contribution in [2.45, 2.75) is 38.9 Å². The first kappa shape index (κ1) is 8.22. The lowest BCUT2D eigenvalue weighted by molar-refractivity contribution is 0.728. The summed E-state index contributed by atoms with van der Waals surface area (Å²) >= 11 is 0. The topological polar surface area (TPSA) is 0 Å². The van der Waals surface area contributed by atoms with Crippen molar-refractivity contribution in [1.29, 1.82) is 0 Å². The van der Waals surface area contributed by atoms with Gasteiger partial charge in [0, 0.05) is 0 Å². The second-order valence-corrected chi connectivity index (χ2v) is 9.40. The molecule has 0 heterocycles. The van der Waals surface area contributed by atoms with Gasteiger partial charge in [-0.25, -0.2) is 0 Å². The zero-order valence-electron chi connectivity index (χ0n) is 6.71. The molecular weight excluding hydrogens is 112 g/mol. The van der Waals surface area contributed by atoms with Crippen LogP contribution in [0.15, 0.2) is 0 Å². The minimum absolute atomic E-state index is 0.465. The van der Waals surface area contributed by atoms with Gasteiger partial charge >= 0.3 is 0 Å². The van der Waals surface area contributed by atoms with Crippen LogP contribution >= 0.6 is 0 Å². The lowest BCUT2D eigenvalue weighted by atomic mass is 10.2. The van der Waals surface area contributed by atoms with E-state index in [2.05, 4.69) is 40.4 Å². The summed E-state index contributed by atoms with van der Waals surface area (Å²) in [6.45, 7) is 15.6. The van der Waals surface area contributed by atoms with E-state index in [1.807, 2.05) is 0 Å². The van der Waals surface area contributed by atoms with Crippen molar-refractivity contribution in [2.75, 3.05) is 0 Å². The van der Waals surface area contributed by atoms with Gasteiger partial charge in [-0.3, -0.25) is 0 Å². The maximum absolute atomic E-state index is 4.18. The maximum Gasteiger partial charge on any atom is 0.0524 e. The van der Waals surface area contributed by atoms with Crippen molar-refractivity contribution in [3.63, 3.8) is 0 Å². The Hall–Kier alpha value is 0.217. The van der Waals surface area contributed by atoms with Crippen molar-refractivity contribution in [3.8, 4) is 0 Å². The fourth-order valence-electron chi connectivity index (χ4n) is 0. The van der Waals surface area contributed by atoms with Gasteiger partial charge in [0.2, 0.25) is 0 Å². The fourth-order valence-corrected chi connectivity index (χ4v) is 0. The molecule has 0 bridgehead atoms. The van der Waals surface area contributed by atoms with Crippen LogP contribution in [0.4, 0.5) is 0 Å². The molecule has 0 N–H and O–H groups in total. The molecule has 1 heteroatoms. The Kier molecular flexibility index (Phi) is 1.92. The van der Waals surface area contributed by atoms with Gasteiger partial charge in [0.05, 0.1) is 8.07 Å². The van der Waals surface area contributed by atoms with Gasteiger partial charge in [0.25, 0.3) is 0 Å². The monoisotopic (exact) mass is 129 g/mol. The summed E-state index contributed by atoms with van der Waals surface area (Å²) in [6.07, 6.45) is 0. The minimum Gasteiger partial charge on any atom is -0.0690 e. The third kappa shape index (κ3) is 1.99. The summed E-state index contributed by atoms with van der Waals surface area (Å²) in [7, 11) is -1.11. The van der Waals surface area contributed by atoms with Gasteiger partial charge in [0.15, 0.2) is 0 Å². The molecule has 0 unspecified atom stereocenters. The van der Waals surface area contributed by atoms with Crippen molar-refractivity contribution in [2.24, 2.45) is 0 Å². The molecule has 0 saturated heterocycles. The van der Waals surface area contributed by atoms with E-state index < -0.39 is 8.07 Å². The van der Waals surface area contributed by atoms with Crippen LogP contribution in [0.25, 0.3) is 0 Å². The molecule has 8 heavy (non-hydrogen) atoms. The predicted molar refractivity (Wildman–Crippen MR) is 42.6 cm³/mol. The third-order valence-electron chi connectivity index (χ3n) is 2.03. The first-order valence-corrected chi connectivity index (χ1v) is 6.31. The number of hydrogen-bond acceptors (Lipinski definition) is 0. The predicted octanol–water partition coefficient (Wildman–Crippen LogP) is 2.87. The Morgan fingerprint density at radius 1 is 1.12 bits per heavy atom. The smallest absolute Gasteiger partial charge is 0.0524 e. The molecule has 1 radical (unpaired) electrons. The SMILES string of the molecule is [CH2][Si](C)(C)C(C)(C)C. The van der Waals surface area contributed by atoms with Crippen LogP contribution in [-0.2, 0) is 0 Å². The van der Waals surface area contributed by atoms with Crippen molar-refractivity contribution < 1.29 is 0 Å². The Labute approximate surface area is 54.3 Å². The molecule has 0 nitrogen and oxygen atoms in total. The normalized spacial score (nSPS) is 14.2. The summed E-state index contributed by atoms with van der Waals surface area (Å²) < 4.78 is 0. The average Bonchev–Trinajstić information content (AvgIpc) is 1.25. The van der Waals surface area contributed by atoms with E-state index in [0.717, 1.165) is 0 Å². The van der Waals surface area contributed by atoms with Gasteiger partial charge in [-0.05, 0) is 5.04 Å². The molecule has 0 amide bonds. The van der Waals surface area contributed by atoms with Crippen LogP contribution < -0.4 is 0 Å². The highest BCUT2D eigenvalue weighted by atomic mass is 28.3. The summed E-state index contributed by atoms with van der Waals surface area (Å²) in [6, 6.07) is 0. The zero-order chi connectivity index (χ0) is 7.00. The molecule has 0 aliphatic rings. The third-order valence-corrected chi connectivity index (χ3v) is 6.09. The van der Waals surface area contributed by atoms with Gasteiger partial charge < -0.3 is 0 Å². The van der Waals surface area contributed by atoms with E-state index in [-0.39, 0.29) is 0 Å². The van der Waals surface area contributed by atoms with Gasteiger partial charge in [-0.1, -0.05) is 40.4 Å². The molecule has 0 aromatic heterocycles. The lowest BCUT2D eigenvalue weighted by Crippen LogP contribution is -2.33. The van der Waals surface area contributed by atoms with E-state index >= 15 is 0 Å². The van der Waals surface area contributed by atoms with Crippen LogP contribution in [0, 0.1) is 6.55 Å².